The summed E-state index contributed by atoms with van der Waals surface area (Å²) in [6.07, 6.45) is 0.515. The Morgan fingerprint density at radius 1 is 1.26 bits per heavy atom. The van der Waals surface area contributed by atoms with Crippen molar-refractivity contribution in [1.29, 1.82) is 0 Å². The molecule has 128 valence electrons. The molecule has 0 radical (unpaired) electrons. The number of benzene rings is 1. The maximum atomic E-state index is 12.1. The third-order valence-electron chi connectivity index (χ3n) is 3.03. The number of carbonyl (C=O) groups is 2. The maximum Gasteiger partial charge on any atom is 0.407 e. The van der Waals surface area contributed by atoms with Crippen LogP contribution >= 0.6 is 15.9 Å². The Balaban J connectivity index is 2.28. The minimum absolute atomic E-state index is 0.0479. The van der Waals surface area contributed by atoms with Crippen LogP contribution in [0.25, 0.3) is 0 Å². The monoisotopic (exact) mass is 384 g/mol. The first-order valence-corrected chi connectivity index (χ1v) is 8.42. The molecule has 0 aromatic heterocycles. The van der Waals surface area contributed by atoms with Crippen molar-refractivity contribution in [3.8, 4) is 0 Å². The molecule has 1 N–H and O–H groups in total. The molecule has 0 aliphatic carbocycles. The quantitative estimate of drug-likeness (QED) is 0.760. The normalized spacial score (nSPS) is 11.0. The first-order chi connectivity index (χ1) is 10.7. The van der Waals surface area contributed by atoms with Crippen LogP contribution in [0.3, 0.4) is 0 Å². The van der Waals surface area contributed by atoms with E-state index in [1.807, 2.05) is 45.0 Å². The molecule has 23 heavy (non-hydrogen) atoms. The van der Waals surface area contributed by atoms with Gasteiger partial charge < -0.3 is 15.0 Å². The SMILES string of the molecule is CN(Cc1ccccc1Br)C(=O)CCCNC(=O)OC(C)(C)C. The van der Waals surface area contributed by atoms with Gasteiger partial charge in [0.2, 0.25) is 5.91 Å². The molecule has 0 fully saturated rings. The summed E-state index contributed by atoms with van der Waals surface area (Å²) in [7, 11) is 1.78. The third kappa shape index (κ3) is 8.02. The van der Waals surface area contributed by atoms with Crippen LogP contribution in [0, 0.1) is 0 Å². The van der Waals surface area contributed by atoms with E-state index in [2.05, 4.69) is 21.2 Å². The van der Waals surface area contributed by atoms with Crippen molar-refractivity contribution in [2.24, 2.45) is 0 Å². The standard InChI is InChI=1S/C17H25BrN2O3/c1-17(2,3)23-16(22)19-11-7-10-15(21)20(4)12-13-8-5-6-9-14(13)18/h5-6,8-9H,7,10-12H2,1-4H3,(H,19,22). The minimum atomic E-state index is -0.511. The summed E-state index contributed by atoms with van der Waals surface area (Å²) >= 11 is 3.48. The summed E-state index contributed by atoms with van der Waals surface area (Å²) in [6, 6.07) is 7.83. The number of nitrogens with one attached hydrogen (secondary N) is 1. The van der Waals surface area contributed by atoms with Gasteiger partial charge in [0, 0.05) is 31.0 Å². The Morgan fingerprint density at radius 3 is 2.52 bits per heavy atom. The summed E-state index contributed by atoms with van der Waals surface area (Å²) in [5.41, 5.74) is 0.554. The molecule has 1 rings (SSSR count). The van der Waals surface area contributed by atoms with Crippen molar-refractivity contribution in [2.45, 2.75) is 45.8 Å². The molecule has 0 unspecified atom stereocenters. The van der Waals surface area contributed by atoms with Gasteiger partial charge in [-0.15, -0.1) is 0 Å². The van der Waals surface area contributed by atoms with E-state index in [4.69, 9.17) is 4.74 Å². The average molecular weight is 385 g/mol. The fourth-order valence-electron chi connectivity index (χ4n) is 1.91. The van der Waals surface area contributed by atoms with Crippen LogP contribution in [0.5, 0.6) is 0 Å². The van der Waals surface area contributed by atoms with Crippen LogP contribution in [-0.4, -0.2) is 36.1 Å². The van der Waals surface area contributed by atoms with E-state index < -0.39 is 11.7 Å². The molecular weight excluding hydrogens is 360 g/mol. The molecule has 0 heterocycles. The predicted octanol–water partition coefficient (Wildman–Crippen LogP) is 3.71. The summed E-state index contributed by atoms with van der Waals surface area (Å²) in [6.45, 7) is 6.41. The number of amides is 2. The van der Waals surface area contributed by atoms with Gasteiger partial charge in [-0.2, -0.15) is 0 Å². The van der Waals surface area contributed by atoms with Gasteiger partial charge in [-0.1, -0.05) is 34.1 Å². The number of alkyl carbamates (subject to hydrolysis) is 1. The van der Waals surface area contributed by atoms with Crippen LogP contribution in [-0.2, 0) is 16.1 Å². The lowest BCUT2D eigenvalue weighted by Crippen LogP contribution is -2.33. The van der Waals surface area contributed by atoms with Gasteiger partial charge in [0.15, 0.2) is 0 Å². The third-order valence-corrected chi connectivity index (χ3v) is 3.80. The van der Waals surface area contributed by atoms with Crippen LogP contribution in [0.1, 0.15) is 39.2 Å². The lowest BCUT2D eigenvalue weighted by Gasteiger charge is -2.20. The molecule has 6 heteroatoms. The molecule has 5 nitrogen and oxygen atoms in total. The molecule has 2 amide bonds. The van der Waals surface area contributed by atoms with Crippen LogP contribution in [0.15, 0.2) is 28.7 Å². The van der Waals surface area contributed by atoms with Gasteiger partial charge in [-0.3, -0.25) is 4.79 Å². The molecule has 0 bridgehead atoms. The van der Waals surface area contributed by atoms with Gasteiger partial charge in [0.25, 0.3) is 0 Å². The van der Waals surface area contributed by atoms with E-state index in [0.717, 1.165) is 10.0 Å². The van der Waals surface area contributed by atoms with E-state index >= 15 is 0 Å². The number of ether oxygens (including phenoxy) is 1. The van der Waals surface area contributed by atoms with Crippen LogP contribution < -0.4 is 5.32 Å². The van der Waals surface area contributed by atoms with E-state index in [1.54, 1.807) is 11.9 Å². The Bertz CT molecular complexity index is 541. The Kier molecular flexibility index (Phi) is 7.55. The fourth-order valence-corrected chi connectivity index (χ4v) is 2.32. The topological polar surface area (TPSA) is 58.6 Å². The van der Waals surface area contributed by atoms with Gasteiger partial charge in [0.1, 0.15) is 5.60 Å². The number of rotatable bonds is 6. The van der Waals surface area contributed by atoms with E-state index in [1.165, 1.54) is 0 Å². The Labute approximate surface area is 146 Å². The first-order valence-electron chi connectivity index (χ1n) is 7.63. The number of hydrogen-bond acceptors (Lipinski definition) is 3. The number of hydrogen-bond donors (Lipinski definition) is 1. The second-order valence-corrected chi connectivity index (χ2v) is 7.23. The summed E-state index contributed by atoms with van der Waals surface area (Å²) in [4.78, 5) is 25.3. The molecule has 0 aliphatic rings. The van der Waals surface area contributed by atoms with Crippen molar-refractivity contribution in [3.05, 3.63) is 34.3 Å². The smallest absolute Gasteiger partial charge is 0.407 e. The van der Waals surface area contributed by atoms with Gasteiger partial charge in [-0.25, -0.2) is 4.79 Å². The van der Waals surface area contributed by atoms with Gasteiger partial charge in [-0.05, 0) is 38.8 Å². The lowest BCUT2D eigenvalue weighted by molar-refractivity contribution is -0.130. The maximum absolute atomic E-state index is 12.1. The summed E-state index contributed by atoms with van der Waals surface area (Å²) in [5, 5.41) is 2.65. The zero-order valence-corrected chi connectivity index (χ0v) is 15.8. The fraction of sp³-hybridized carbons (Fsp3) is 0.529. The Hall–Kier alpha value is -1.56. The highest BCUT2D eigenvalue weighted by Crippen LogP contribution is 2.17. The van der Waals surface area contributed by atoms with Crippen molar-refractivity contribution < 1.29 is 14.3 Å². The Morgan fingerprint density at radius 2 is 1.91 bits per heavy atom. The predicted molar refractivity (Wildman–Crippen MR) is 94.1 cm³/mol. The molecule has 0 spiro atoms. The van der Waals surface area contributed by atoms with Crippen molar-refractivity contribution >= 4 is 27.9 Å². The number of halogens is 1. The zero-order chi connectivity index (χ0) is 17.5. The molecule has 0 atom stereocenters. The van der Waals surface area contributed by atoms with Gasteiger partial charge >= 0.3 is 6.09 Å². The van der Waals surface area contributed by atoms with E-state index in [0.29, 0.717) is 25.9 Å². The zero-order valence-electron chi connectivity index (χ0n) is 14.2. The first kappa shape index (κ1) is 19.5. The van der Waals surface area contributed by atoms with Crippen LogP contribution in [0.4, 0.5) is 4.79 Å². The molecule has 0 saturated heterocycles. The second kappa shape index (κ2) is 8.91. The van der Waals surface area contributed by atoms with Crippen molar-refractivity contribution in [2.75, 3.05) is 13.6 Å². The lowest BCUT2D eigenvalue weighted by atomic mass is 10.2. The molecule has 1 aromatic rings. The van der Waals surface area contributed by atoms with Gasteiger partial charge in [0.05, 0.1) is 0 Å². The van der Waals surface area contributed by atoms with Crippen LogP contribution in [0.2, 0.25) is 0 Å². The van der Waals surface area contributed by atoms with E-state index in [9.17, 15) is 9.59 Å². The number of nitrogens with zero attached hydrogens (tertiary/aromatic N) is 1. The molecule has 1 aromatic carbocycles. The minimum Gasteiger partial charge on any atom is -0.444 e. The van der Waals surface area contributed by atoms with Crippen molar-refractivity contribution in [3.63, 3.8) is 0 Å². The molecular formula is C17H25BrN2O3. The highest BCUT2D eigenvalue weighted by atomic mass is 79.9. The highest BCUT2D eigenvalue weighted by molar-refractivity contribution is 9.10. The number of carbonyl (C=O) groups excluding carboxylic acids is 2. The molecule has 0 saturated carbocycles. The molecule has 0 aliphatic heterocycles. The summed E-state index contributed by atoms with van der Waals surface area (Å²) < 4.78 is 6.13. The van der Waals surface area contributed by atoms with E-state index in [-0.39, 0.29) is 5.91 Å². The highest BCUT2D eigenvalue weighted by Gasteiger charge is 2.16. The largest absolute Gasteiger partial charge is 0.444 e. The van der Waals surface area contributed by atoms with Crippen molar-refractivity contribution in [1.82, 2.24) is 10.2 Å². The summed E-state index contributed by atoms with van der Waals surface area (Å²) in [5.74, 6) is 0.0479. The average Bonchev–Trinajstić information content (AvgIpc) is 2.44. The second-order valence-electron chi connectivity index (χ2n) is 6.37.